The Morgan fingerprint density at radius 1 is 1.22 bits per heavy atom. The molecular weight excluding hydrogens is 299 g/mol. The van der Waals surface area contributed by atoms with Gasteiger partial charge in [-0.25, -0.2) is 9.37 Å². The molecule has 7 heteroatoms. The quantitative estimate of drug-likeness (QED) is 0.935. The maximum absolute atomic E-state index is 13.5. The van der Waals surface area contributed by atoms with Gasteiger partial charge in [0.25, 0.3) is 0 Å². The van der Waals surface area contributed by atoms with Crippen LogP contribution in [-0.2, 0) is 4.74 Å². The number of hydrogen-bond acceptors (Lipinski definition) is 6. The number of ether oxygens (including phenoxy) is 2. The van der Waals surface area contributed by atoms with Crippen molar-refractivity contribution in [2.45, 2.75) is 6.92 Å². The Labute approximate surface area is 134 Å². The van der Waals surface area contributed by atoms with E-state index in [0.29, 0.717) is 24.8 Å². The highest BCUT2D eigenvalue weighted by Crippen LogP contribution is 2.24. The molecule has 0 aliphatic carbocycles. The molecule has 122 valence electrons. The molecule has 1 aliphatic rings. The number of nitrogens with one attached hydrogen (secondary N) is 1. The molecule has 0 unspecified atom stereocenters. The van der Waals surface area contributed by atoms with Crippen LogP contribution in [0.2, 0.25) is 0 Å². The third-order valence-corrected chi connectivity index (χ3v) is 3.58. The van der Waals surface area contributed by atoms with Gasteiger partial charge in [-0.1, -0.05) is 0 Å². The summed E-state index contributed by atoms with van der Waals surface area (Å²) in [4.78, 5) is 11.1. The molecule has 0 saturated carbocycles. The molecule has 1 fully saturated rings. The fraction of sp³-hybridized carbons (Fsp3) is 0.375. The van der Waals surface area contributed by atoms with Crippen LogP contribution in [-0.4, -0.2) is 43.4 Å². The molecule has 1 N–H and O–H groups in total. The highest BCUT2D eigenvalue weighted by atomic mass is 19.1. The van der Waals surface area contributed by atoms with Gasteiger partial charge in [-0.2, -0.15) is 4.98 Å². The van der Waals surface area contributed by atoms with Crippen molar-refractivity contribution >= 4 is 17.5 Å². The Morgan fingerprint density at radius 2 is 2.00 bits per heavy atom. The van der Waals surface area contributed by atoms with Crippen molar-refractivity contribution in [1.82, 2.24) is 9.97 Å². The van der Waals surface area contributed by atoms with Gasteiger partial charge >= 0.3 is 0 Å². The number of morpholine rings is 1. The molecule has 0 bridgehead atoms. The molecule has 2 aromatic rings. The number of methoxy groups -OCH3 is 1. The molecular formula is C16H19FN4O2. The van der Waals surface area contributed by atoms with Crippen molar-refractivity contribution < 1.29 is 13.9 Å². The summed E-state index contributed by atoms with van der Waals surface area (Å²) >= 11 is 0. The topological polar surface area (TPSA) is 59.5 Å². The van der Waals surface area contributed by atoms with Crippen molar-refractivity contribution in [3.05, 3.63) is 35.8 Å². The summed E-state index contributed by atoms with van der Waals surface area (Å²) < 4.78 is 23.8. The van der Waals surface area contributed by atoms with Crippen LogP contribution < -0.4 is 15.0 Å². The predicted octanol–water partition coefficient (Wildman–Crippen LogP) is 2.51. The number of benzene rings is 1. The molecule has 23 heavy (non-hydrogen) atoms. The fourth-order valence-corrected chi connectivity index (χ4v) is 2.43. The molecule has 0 spiro atoms. The van der Waals surface area contributed by atoms with Crippen molar-refractivity contribution in [2.75, 3.05) is 43.6 Å². The molecule has 1 aromatic heterocycles. The molecule has 0 radical (unpaired) electrons. The van der Waals surface area contributed by atoms with Crippen molar-refractivity contribution in [1.29, 1.82) is 0 Å². The first-order valence-corrected chi connectivity index (χ1v) is 7.44. The maximum atomic E-state index is 13.5. The van der Waals surface area contributed by atoms with E-state index in [0.717, 1.165) is 24.6 Å². The lowest BCUT2D eigenvalue weighted by atomic mass is 10.3. The second kappa shape index (κ2) is 6.78. The predicted molar refractivity (Wildman–Crippen MR) is 86.0 cm³/mol. The van der Waals surface area contributed by atoms with Gasteiger partial charge in [-0.15, -0.1) is 0 Å². The fourth-order valence-electron chi connectivity index (χ4n) is 2.43. The Balaban J connectivity index is 1.83. The summed E-state index contributed by atoms with van der Waals surface area (Å²) in [5.74, 6) is 1.10. The van der Waals surface area contributed by atoms with Gasteiger partial charge in [0.1, 0.15) is 5.82 Å². The third kappa shape index (κ3) is 3.68. The van der Waals surface area contributed by atoms with Crippen LogP contribution in [0.1, 0.15) is 5.69 Å². The highest BCUT2D eigenvalue weighted by molar-refractivity contribution is 5.58. The van der Waals surface area contributed by atoms with E-state index in [-0.39, 0.29) is 5.75 Å². The van der Waals surface area contributed by atoms with Crippen molar-refractivity contribution in [2.24, 2.45) is 0 Å². The highest BCUT2D eigenvalue weighted by Gasteiger charge is 2.14. The Kier molecular flexibility index (Phi) is 4.57. The number of rotatable bonds is 4. The number of halogens is 1. The van der Waals surface area contributed by atoms with Crippen LogP contribution in [0.3, 0.4) is 0 Å². The van der Waals surface area contributed by atoms with Gasteiger partial charge in [-0.3, -0.25) is 0 Å². The summed E-state index contributed by atoms with van der Waals surface area (Å²) in [5.41, 5.74) is 1.53. The lowest BCUT2D eigenvalue weighted by Gasteiger charge is -2.28. The monoisotopic (exact) mass is 318 g/mol. The molecule has 1 aliphatic heterocycles. The second-order valence-electron chi connectivity index (χ2n) is 5.26. The summed E-state index contributed by atoms with van der Waals surface area (Å²) in [6.07, 6.45) is 0. The summed E-state index contributed by atoms with van der Waals surface area (Å²) in [5, 5.41) is 3.10. The zero-order valence-electron chi connectivity index (χ0n) is 13.2. The SMILES string of the molecule is COc1cc(Nc2nc(C)cc(N3CCOCC3)n2)ccc1F. The van der Waals surface area contributed by atoms with Crippen LogP contribution in [0, 0.1) is 12.7 Å². The first-order valence-electron chi connectivity index (χ1n) is 7.44. The van der Waals surface area contributed by atoms with Gasteiger partial charge in [0.2, 0.25) is 5.95 Å². The van der Waals surface area contributed by atoms with Crippen LogP contribution in [0.15, 0.2) is 24.3 Å². The summed E-state index contributed by atoms with van der Waals surface area (Å²) in [6, 6.07) is 6.50. The average molecular weight is 318 g/mol. The molecule has 1 aromatic carbocycles. The normalized spacial score (nSPS) is 14.7. The first-order chi connectivity index (χ1) is 11.2. The molecule has 1 saturated heterocycles. The zero-order valence-corrected chi connectivity index (χ0v) is 13.2. The number of aryl methyl sites for hydroxylation is 1. The molecule has 6 nitrogen and oxygen atoms in total. The number of anilines is 3. The van der Waals surface area contributed by atoms with Crippen LogP contribution >= 0.6 is 0 Å². The molecule has 2 heterocycles. The average Bonchev–Trinajstić information content (AvgIpc) is 2.57. The first kappa shape index (κ1) is 15.5. The third-order valence-electron chi connectivity index (χ3n) is 3.58. The van der Waals surface area contributed by atoms with E-state index in [1.54, 1.807) is 12.1 Å². The standard InChI is InChI=1S/C16H19FN4O2/c1-11-9-15(21-5-7-23-8-6-21)20-16(18-11)19-12-3-4-13(17)14(10-12)22-2/h3-4,9-10H,5-8H2,1-2H3,(H,18,19,20). The van der Waals surface area contributed by atoms with Crippen molar-refractivity contribution in [3.8, 4) is 5.75 Å². The van der Waals surface area contributed by atoms with Gasteiger partial charge < -0.3 is 19.7 Å². The lowest BCUT2D eigenvalue weighted by Crippen LogP contribution is -2.36. The van der Waals surface area contributed by atoms with Crippen LogP contribution in [0.5, 0.6) is 5.75 Å². The zero-order chi connectivity index (χ0) is 16.2. The number of aromatic nitrogens is 2. The van der Waals surface area contributed by atoms with Gasteiger partial charge in [0.05, 0.1) is 20.3 Å². The van der Waals surface area contributed by atoms with Gasteiger partial charge in [0.15, 0.2) is 11.6 Å². The molecule has 0 atom stereocenters. The van der Waals surface area contributed by atoms with E-state index in [1.807, 2.05) is 13.0 Å². The van der Waals surface area contributed by atoms with E-state index in [9.17, 15) is 4.39 Å². The Morgan fingerprint density at radius 3 is 2.74 bits per heavy atom. The largest absolute Gasteiger partial charge is 0.494 e. The minimum absolute atomic E-state index is 0.177. The minimum atomic E-state index is -0.405. The molecule has 3 rings (SSSR count). The minimum Gasteiger partial charge on any atom is -0.494 e. The van der Waals surface area contributed by atoms with Crippen LogP contribution in [0.4, 0.5) is 21.8 Å². The summed E-state index contributed by atoms with van der Waals surface area (Å²) in [7, 11) is 1.43. The van der Waals surface area contributed by atoms with Gasteiger partial charge in [-0.05, 0) is 19.1 Å². The van der Waals surface area contributed by atoms with Gasteiger partial charge in [0, 0.05) is 36.6 Å². The summed E-state index contributed by atoms with van der Waals surface area (Å²) in [6.45, 7) is 4.92. The number of nitrogens with zero attached hydrogens (tertiary/aromatic N) is 3. The maximum Gasteiger partial charge on any atom is 0.229 e. The van der Waals surface area contributed by atoms with E-state index in [4.69, 9.17) is 9.47 Å². The second-order valence-corrected chi connectivity index (χ2v) is 5.26. The molecule has 0 amide bonds. The Bertz CT molecular complexity index is 690. The van der Waals surface area contributed by atoms with E-state index < -0.39 is 5.82 Å². The van der Waals surface area contributed by atoms with Crippen molar-refractivity contribution in [3.63, 3.8) is 0 Å². The van der Waals surface area contributed by atoms with E-state index >= 15 is 0 Å². The number of hydrogen-bond donors (Lipinski definition) is 1. The Hall–Kier alpha value is -2.41. The van der Waals surface area contributed by atoms with E-state index in [1.165, 1.54) is 13.2 Å². The smallest absolute Gasteiger partial charge is 0.229 e. The lowest BCUT2D eigenvalue weighted by molar-refractivity contribution is 0.122. The van der Waals surface area contributed by atoms with E-state index in [2.05, 4.69) is 20.2 Å². The van der Waals surface area contributed by atoms with Crippen LogP contribution in [0.25, 0.3) is 0 Å².